The zero-order valence-electron chi connectivity index (χ0n) is 9.36. The maximum absolute atomic E-state index is 4.97. The Morgan fingerprint density at radius 2 is 2.12 bits per heavy atom. The van der Waals surface area contributed by atoms with Crippen LogP contribution in [0.2, 0.25) is 0 Å². The van der Waals surface area contributed by atoms with E-state index in [0.717, 1.165) is 12.1 Å². The number of rotatable bonds is 4. The second-order valence-corrected chi connectivity index (χ2v) is 4.29. The molecule has 0 unspecified atom stereocenters. The number of nitrogens with zero attached hydrogens (tertiary/aromatic N) is 1. The van der Waals surface area contributed by atoms with Crippen LogP contribution in [0, 0.1) is 0 Å². The van der Waals surface area contributed by atoms with E-state index < -0.39 is 0 Å². The summed E-state index contributed by atoms with van der Waals surface area (Å²) in [6.07, 6.45) is 3.80. The van der Waals surface area contributed by atoms with E-state index in [-0.39, 0.29) is 0 Å². The summed E-state index contributed by atoms with van der Waals surface area (Å²) in [5, 5.41) is 7.52. The van der Waals surface area contributed by atoms with Crippen LogP contribution < -0.4 is 10.7 Å². The Morgan fingerprint density at radius 3 is 2.69 bits per heavy atom. The van der Waals surface area contributed by atoms with Crippen molar-refractivity contribution in [2.24, 2.45) is 5.10 Å². The standard InChI is InChI=1S/C11H15N3S2/c1-3-12-11(15)14-13-8-9-4-6-10(16-2)7-5-9/h4-8H,3H2,1-2H3,(H2,12,14,15)/b13-8+. The van der Waals surface area contributed by atoms with Crippen LogP contribution in [-0.4, -0.2) is 24.1 Å². The average molecular weight is 253 g/mol. The molecule has 1 rings (SSSR count). The van der Waals surface area contributed by atoms with Gasteiger partial charge in [0.25, 0.3) is 0 Å². The van der Waals surface area contributed by atoms with Crippen LogP contribution in [0.25, 0.3) is 0 Å². The predicted octanol–water partition coefficient (Wildman–Crippen LogP) is 2.23. The van der Waals surface area contributed by atoms with Crippen LogP contribution >= 0.6 is 24.0 Å². The van der Waals surface area contributed by atoms with Gasteiger partial charge in [0, 0.05) is 11.4 Å². The van der Waals surface area contributed by atoms with Crippen molar-refractivity contribution in [2.75, 3.05) is 12.8 Å². The van der Waals surface area contributed by atoms with Crippen molar-refractivity contribution in [2.45, 2.75) is 11.8 Å². The van der Waals surface area contributed by atoms with Crippen LogP contribution in [-0.2, 0) is 0 Å². The highest BCUT2D eigenvalue weighted by atomic mass is 32.2. The molecule has 86 valence electrons. The average Bonchev–Trinajstić information content (AvgIpc) is 2.30. The van der Waals surface area contributed by atoms with E-state index in [0.29, 0.717) is 5.11 Å². The zero-order valence-corrected chi connectivity index (χ0v) is 11.0. The second kappa shape index (κ2) is 7.24. The van der Waals surface area contributed by atoms with Gasteiger partial charge in [-0.15, -0.1) is 11.8 Å². The number of thioether (sulfide) groups is 1. The highest BCUT2D eigenvalue weighted by Gasteiger charge is 1.91. The smallest absolute Gasteiger partial charge is 0.186 e. The van der Waals surface area contributed by atoms with Gasteiger partial charge >= 0.3 is 0 Å². The molecule has 0 saturated heterocycles. The van der Waals surface area contributed by atoms with Gasteiger partial charge in [-0.1, -0.05) is 12.1 Å². The molecule has 1 aromatic carbocycles. The molecule has 0 bridgehead atoms. The normalized spacial score (nSPS) is 10.4. The Morgan fingerprint density at radius 1 is 1.44 bits per heavy atom. The van der Waals surface area contributed by atoms with Crippen LogP contribution in [0.3, 0.4) is 0 Å². The Hall–Kier alpha value is -1.07. The summed E-state index contributed by atoms with van der Waals surface area (Å²) in [5.41, 5.74) is 3.79. The predicted molar refractivity (Wildman–Crippen MR) is 75.2 cm³/mol. The first kappa shape index (κ1) is 13.0. The SMILES string of the molecule is CCNC(=S)N/N=C/c1ccc(SC)cc1. The number of hydrogen-bond donors (Lipinski definition) is 2. The molecule has 0 radical (unpaired) electrons. The molecule has 0 aliphatic carbocycles. The summed E-state index contributed by atoms with van der Waals surface area (Å²) >= 11 is 6.69. The van der Waals surface area contributed by atoms with Gasteiger partial charge in [-0.05, 0) is 43.1 Å². The lowest BCUT2D eigenvalue weighted by atomic mass is 10.2. The van der Waals surface area contributed by atoms with E-state index in [4.69, 9.17) is 12.2 Å². The molecule has 1 aromatic rings. The van der Waals surface area contributed by atoms with Crippen LogP contribution in [0.15, 0.2) is 34.3 Å². The van der Waals surface area contributed by atoms with Crippen molar-refractivity contribution < 1.29 is 0 Å². The van der Waals surface area contributed by atoms with Gasteiger partial charge in [0.2, 0.25) is 0 Å². The molecule has 0 amide bonds. The van der Waals surface area contributed by atoms with Gasteiger partial charge < -0.3 is 5.32 Å². The minimum Gasteiger partial charge on any atom is -0.362 e. The minimum absolute atomic E-state index is 0.541. The van der Waals surface area contributed by atoms with Gasteiger partial charge in [-0.2, -0.15) is 5.10 Å². The van der Waals surface area contributed by atoms with Crippen molar-refractivity contribution in [3.8, 4) is 0 Å². The fraction of sp³-hybridized carbons (Fsp3) is 0.273. The molecule has 0 aliphatic heterocycles. The molecule has 16 heavy (non-hydrogen) atoms. The molecular weight excluding hydrogens is 238 g/mol. The summed E-state index contributed by atoms with van der Waals surface area (Å²) in [4.78, 5) is 1.24. The third-order valence-electron chi connectivity index (χ3n) is 1.83. The van der Waals surface area contributed by atoms with E-state index >= 15 is 0 Å². The lowest BCUT2D eigenvalue weighted by Gasteiger charge is -2.02. The lowest BCUT2D eigenvalue weighted by Crippen LogP contribution is -2.31. The van der Waals surface area contributed by atoms with Crippen LogP contribution in [0.5, 0.6) is 0 Å². The maximum atomic E-state index is 4.97. The molecule has 0 atom stereocenters. The quantitative estimate of drug-likeness (QED) is 0.373. The Balaban J connectivity index is 2.46. The number of benzene rings is 1. The van der Waals surface area contributed by atoms with Crippen LogP contribution in [0.1, 0.15) is 12.5 Å². The Kier molecular flexibility index (Phi) is 5.88. The summed E-state index contributed by atoms with van der Waals surface area (Å²) < 4.78 is 0. The fourth-order valence-electron chi connectivity index (χ4n) is 1.06. The highest BCUT2D eigenvalue weighted by Crippen LogP contribution is 2.13. The molecular formula is C11H15N3S2. The van der Waals surface area contributed by atoms with Crippen molar-refractivity contribution >= 4 is 35.3 Å². The van der Waals surface area contributed by atoms with Crippen LogP contribution in [0.4, 0.5) is 0 Å². The largest absolute Gasteiger partial charge is 0.362 e. The number of hydrazone groups is 1. The van der Waals surface area contributed by atoms with Crippen molar-refractivity contribution in [1.82, 2.24) is 10.7 Å². The third kappa shape index (κ3) is 4.63. The zero-order chi connectivity index (χ0) is 11.8. The molecule has 0 saturated carbocycles. The summed E-state index contributed by atoms with van der Waals surface area (Å²) in [6, 6.07) is 8.17. The number of nitrogens with one attached hydrogen (secondary N) is 2. The minimum atomic E-state index is 0.541. The van der Waals surface area contributed by atoms with Gasteiger partial charge in [-0.25, -0.2) is 0 Å². The van der Waals surface area contributed by atoms with E-state index in [9.17, 15) is 0 Å². The van der Waals surface area contributed by atoms with Gasteiger partial charge in [0.15, 0.2) is 5.11 Å². The lowest BCUT2D eigenvalue weighted by molar-refractivity contribution is 0.904. The first-order valence-corrected chi connectivity index (χ1v) is 6.60. The summed E-state index contributed by atoms with van der Waals surface area (Å²) in [7, 11) is 0. The maximum Gasteiger partial charge on any atom is 0.186 e. The van der Waals surface area contributed by atoms with Gasteiger partial charge in [-0.3, -0.25) is 5.43 Å². The molecule has 0 aromatic heterocycles. The van der Waals surface area contributed by atoms with E-state index in [1.54, 1.807) is 18.0 Å². The number of thiocarbonyl (C=S) groups is 1. The molecule has 0 spiro atoms. The van der Waals surface area contributed by atoms with E-state index in [1.807, 2.05) is 19.1 Å². The molecule has 3 nitrogen and oxygen atoms in total. The molecule has 0 fully saturated rings. The molecule has 0 heterocycles. The monoisotopic (exact) mass is 253 g/mol. The van der Waals surface area contributed by atoms with Gasteiger partial charge in [0.1, 0.15) is 0 Å². The Labute approximate surface area is 106 Å². The number of hydrogen-bond acceptors (Lipinski definition) is 3. The van der Waals surface area contributed by atoms with Gasteiger partial charge in [0.05, 0.1) is 6.21 Å². The molecule has 0 aliphatic rings. The Bertz CT molecular complexity index is 360. The second-order valence-electron chi connectivity index (χ2n) is 3.00. The van der Waals surface area contributed by atoms with Crippen molar-refractivity contribution in [3.63, 3.8) is 0 Å². The van der Waals surface area contributed by atoms with Crippen molar-refractivity contribution in [3.05, 3.63) is 29.8 Å². The highest BCUT2D eigenvalue weighted by molar-refractivity contribution is 7.98. The first-order valence-electron chi connectivity index (χ1n) is 4.97. The van der Waals surface area contributed by atoms with Crippen molar-refractivity contribution in [1.29, 1.82) is 0 Å². The van der Waals surface area contributed by atoms with E-state index in [1.165, 1.54) is 4.90 Å². The van der Waals surface area contributed by atoms with E-state index in [2.05, 4.69) is 34.2 Å². The summed E-state index contributed by atoms with van der Waals surface area (Å²) in [5.74, 6) is 0. The molecule has 5 heteroatoms. The fourth-order valence-corrected chi connectivity index (χ4v) is 1.66. The topological polar surface area (TPSA) is 36.4 Å². The third-order valence-corrected chi connectivity index (χ3v) is 2.81. The summed E-state index contributed by atoms with van der Waals surface area (Å²) in [6.45, 7) is 2.78. The molecule has 2 N–H and O–H groups in total. The first-order chi connectivity index (χ1) is 7.76.